The molecule has 3 rings (SSSR count). The molecule has 1 aliphatic heterocycles. The molecule has 1 aromatic heterocycles. The second kappa shape index (κ2) is 7.99. The number of rotatable bonds is 7. The molecule has 0 aliphatic carbocycles. The summed E-state index contributed by atoms with van der Waals surface area (Å²) in [6.07, 6.45) is 1.82. The molecule has 0 spiro atoms. The number of nitrogens with one attached hydrogen (secondary N) is 1. The summed E-state index contributed by atoms with van der Waals surface area (Å²) < 4.78 is 6.95. The molecule has 2 aromatic rings. The highest BCUT2D eigenvalue weighted by molar-refractivity contribution is 5.91. The van der Waals surface area contributed by atoms with Crippen molar-refractivity contribution in [3.8, 4) is 5.75 Å². The molecule has 1 N–H and O–H groups in total. The van der Waals surface area contributed by atoms with Gasteiger partial charge in [0.05, 0.1) is 6.61 Å². The molecule has 1 aliphatic rings. The maximum absolute atomic E-state index is 12.6. The number of benzene rings is 1. The normalized spacial score (nSPS) is 12.8. The van der Waals surface area contributed by atoms with E-state index < -0.39 is 11.5 Å². The van der Waals surface area contributed by atoms with Crippen molar-refractivity contribution in [2.24, 2.45) is 0 Å². The van der Waals surface area contributed by atoms with Gasteiger partial charge in [-0.15, -0.1) is 10.2 Å². The molecule has 0 radical (unpaired) electrons. The van der Waals surface area contributed by atoms with Crippen LogP contribution in [0.3, 0.4) is 0 Å². The standard InChI is InChI=1S/C18H23N5O3/c1-3-5-10-19-16(24)15-17(25)23-12-11-22(18(23)21-20-15)13-6-8-14(9-7-13)26-4-2/h6-9H,3-5,10-12H2,1-2H3,(H,19,24). The maximum Gasteiger partial charge on any atom is 0.286 e. The number of nitrogens with zero attached hydrogens (tertiary/aromatic N) is 4. The molecule has 138 valence electrons. The monoisotopic (exact) mass is 357 g/mol. The van der Waals surface area contributed by atoms with Crippen LogP contribution < -0.4 is 20.5 Å². The zero-order valence-corrected chi connectivity index (χ0v) is 15.1. The van der Waals surface area contributed by atoms with Crippen molar-refractivity contribution in [2.45, 2.75) is 33.2 Å². The summed E-state index contributed by atoms with van der Waals surface area (Å²) in [5.74, 6) is 0.771. The van der Waals surface area contributed by atoms with Crippen LogP contribution in [0.4, 0.5) is 11.6 Å². The third kappa shape index (κ3) is 3.54. The first kappa shape index (κ1) is 17.9. The van der Waals surface area contributed by atoms with Crippen LogP contribution in [0, 0.1) is 0 Å². The molecule has 0 saturated carbocycles. The minimum Gasteiger partial charge on any atom is -0.494 e. The van der Waals surface area contributed by atoms with Gasteiger partial charge in [0.2, 0.25) is 11.6 Å². The van der Waals surface area contributed by atoms with Gasteiger partial charge in [-0.1, -0.05) is 13.3 Å². The van der Waals surface area contributed by atoms with E-state index in [0.717, 1.165) is 24.3 Å². The summed E-state index contributed by atoms with van der Waals surface area (Å²) in [7, 11) is 0. The summed E-state index contributed by atoms with van der Waals surface area (Å²) in [4.78, 5) is 26.6. The van der Waals surface area contributed by atoms with Crippen molar-refractivity contribution >= 4 is 17.5 Å². The van der Waals surface area contributed by atoms with Crippen LogP contribution in [0.5, 0.6) is 5.75 Å². The van der Waals surface area contributed by atoms with E-state index in [9.17, 15) is 9.59 Å². The van der Waals surface area contributed by atoms with Gasteiger partial charge >= 0.3 is 0 Å². The maximum atomic E-state index is 12.6. The van der Waals surface area contributed by atoms with Crippen LogP contribution in [-0.2, 0) is 6.54 Å². The topological polar surface area (TPSA) is 89.3 Å². The van der Waals surface area contributed by atoms with Crippen molar-refractivity contribution in [3.05, 3.63) is 40.3 Å². The molecule has 1 amide bonds. The third-order valence-electron chi connectivity index (χ3n) is 4.21. The van der Waals surface area contributed by atoms with Gasteiger partial charge in [0.1, 0.15) is 5.75 Å². The Kier molecular flexibility index (Phi) is 5.50. The van der Waals surface area contributed by atoms with E-state index in [4.69, 9.17) is 4.74 Å². The lowest BCUT2D eigenvalue weighted by Crippen LogP contribution is -2.35. The fourth-order valence-electron chi connectivity index (χ4n) is 2.85. The number of anilines is 2. The molecular weight excluding hydrogens is 334 g/mol. The highest BCUT2D eigenvalue weighted by Crippen LogP contribution is 2.28. The van der Waals surface area contributed by atoms with Crippen molar-refractivity contribution < 1.29 is 9.53 Å². The van der Waals surface area contributed by atoms with Crippen LogP contribution in [0.15, 0.2) is 29.1 Å². The number of aromatic nitrogens is 3. The minimum absolute atomic E-state index is 0.154. The van der Waals surface area contributed by atoms with Gasteiger partial charge in [-0.25, -0.2) is 0 Å². The van der Waals surface area contributed by atoms with Crippen LogP contribution in [0.25, 0.3) is 0 Å². The number of unbranched alkanes of at least 4 members (excludes halogenated alkanes) is 1. The van der Waals surface area contributed by atoms with E-state index in [0.29, 0.717) is 32.2 Å². The number of hydrogen-bond donors (Lipinski definition) is 1. The Morgan fingerprint density at radius 1 is 1.19 bits per heavy atom. The summed E-state index contributed by atoms with van der Waals surface area (Å²) >= 11 is 0. The van der Waals surface area contributed by atoms with E-state index in [1.165, 1.54) is 4.57 Å². The van der Waals surface area contributed by atoms with E-state index in [1.54, 1.807) is 0 Å². The fourth-order valence-corrected chi connectivity index (χ4v) is 2.85. The summed E-state index contributed by atoms with van der Waals surface area (Å²) in [6.45, 7) is 6.16. The molecule has 8 nitrogen and oxygen atoms in total. The Morgan fingerprint density at radius 3 is 2.65 bits per heavy atom. The molecule has 0 bridgehead atoms. The largest absolute Gasteiger partial charge is 0.494 e. The third-order valence-corrected chi connectivity index (χ3v) is 4.21. The molecule has 8 heteroatoms. The molecule has 0 unspecified atom stereocenters. The van der Waals surface area contributed by atoms with Crippen LogP contribution in [0.2, 0.25) is 0 Å². The van der Waals surface area contributed by atoms with Gasteiger partial charge in [0, 0.05) is 25.3 Å². The molecule has 26 heavy (non-hydrogen) atoms. The first-order valence-corrected chi connectivity index (χ1v) is 8.91. The Balaban J connectivity index is 1.82. The quantitative estimate of drug-likeness (QED) is 0.759. The zero-order valence-electron chi connectivity index (χ0n) is 15.1. The van der Waals surface area contributed by atoms with E-state index in [1.807, 2.05) is 43.0 Å². The van der Waals surface area contributed by atoms with Gasteiger partial charge in [-0.05, 0) is 37.6 Å². The average Bonchev–Trinajstić information content (AvgIpc) is 3.08. The minimum atomic E-state index is -0.467. The lowest BCUT2D eigenvalue weighted by atomic mass is 10.3. The average molecular weight is 357 g/mol. The van der Waals surface area contributed by atoms with Crippen LogP contribution in [-0.4, -0.2) is 40.4 Å². The van der Waals surface area contributed by atoms with Gasteiger partial charge in [0.15, 0.2) is 0 Å². The molecule has 2 heterocycles. The Labute approximate surface area is 151 Å². The van der Waals surface area contributed by atoms with Crippen molar-refractivity contribution in [2.75, 3.05) is 24.6 Å². The second-order valence-corrected chi connectivity index (χ2v) is 5.99. The SMILES string of the molecule is CCCCNC(=O)c1nnc2n(c1=O)CCN2c1ccc(OCC)cc1. The van der Waals surface area contributed by atoms with Crippen LogP contribution >= 0.6 is 0 Å². The summed E-state index contributed by atoms with van der Waals surface area (Å²) in [5, 5.41) is 10.7. The van der Waals surface area contributed by atoms with E-state index in [2.05, 4.69) is 15.5 Å². The number of hydrogen-bond acceptors (Lipinski definition) is 6. The molecule has 0 fully saturated rings. The lowest BCUT2D eigenvalue weighted by Gasteiger charge is -2.17. The van der Waals surface area contributed by atoms with Crippen LogP contribution in [0.1, 0.15) is 37.2 Å². The van der Waals surface area contributed by atoms with Gasteiger partial charge in [0.25, 0.3) is 11.5 Å². The first-order chi connectivity index (χ1) is 12.7. The number of fused-ring (bicyclic) bond motifs is 1. The molecule has 1 aromatic carbocycles. The number of carbonyl (C=O) groups excluding carboxylic acids is 1. The molecule has 0 atom stereocenters. The van der Waals surface area contributed by atoms with E-state index in [-0.39, 0.29) is 5.69 Å². The smallest absolute Gasteiger partial charge is 0.286 e. The highest BCUT2D eigenvalue weighted by Gasteiger charge is 2.27. The predicted molar refractivity (Wildman–Crippen MR) is 98.2 cm³/mol. The van der Waals surface area contributed by atoms with Crippen molar-refractivity contribution in [1.29, 1.82) is 0 Å². The molecule has 0 saturated heterocycles. The fraction of sp³-hybridized carbons (Fsp3) is 0.444. The lowest BCUT2D eigenvalue weighted by molar-refractivity contribution is 0.0944. The number of amides is 1. The van der Waals surface area contributed by atoms with Gasteiger partial charge in [-0.3, -0.25) is 14.2 Å². The Morgan fingerprint density at radius 2 is 1.96 bits per heavy atom. The number of ether oxygens (including phenoxy) is 1. The first-order valence-electron chi connectivity index (χ1n) is 8.91. The summed E-state index contributed by atoms with van der Waals surface area (Å²) in [6, 6.07) is 7.58. The number of carbonyl (C=O) groups is 1. The van der Waals surface area contributed by atoms with E-state index >= 15 is 0 Å². The second-order valence-electron chi connectivity index (χ2n) is 5.99. The Bertz CT molecular complexity index is 832. The zero-order chi connectivity index (χ0) is 18.5. The highest BCUT2D eigenvalue weighted by atomic mass is 16.5. The van der Waals surface area contributed by atoms with Gasteiger partial charge in [-0.2, -0.15) is 0 Å². The molecular formula is C18H23N5O3. The predicted octanol–water partition coefficient (Wildman–Crippen LogP) is 1.72. The summed E-state index contributed by atoms with van der Waals surface area (Å²) in [5.41, 5.74) is 0.337. The van der Waals surface area contributed by atoms with Gasteiger partial charge < -0.3 is 15.0 Å². The Hall–Kier alpha value is -2.90. The van der Waals surface area contributed by atoms with Crippen molar-refractivity contribution in [1.82, 2.24) is 20.1 Å². The van der Waals surface area contributed by atoms with Crippen molar-refractivity contribution in [3.63, 3.8) is 0 Å².